The maximum absolute atomic E-state index is 14.8. The lowest BCUT2D eigenvalue weighted by Gasteiger charge is -2.21. The SMILES string of the molecule is C[C@@H](NC(=O)C1(NC(=O)c2cncnc2)CC1)c1ccc(-c2cccc(F)c2N)cc1F. The number of nitrogens with two attached hydrogens (primary N) is 1. The minimum absolute atomic E-state index is 0.0590. The molecule has 4 rings (SSSR count). The fourth-order valence-electron chi connectivity index (χ4n) is 3.49. The molecular formula is C23H21F2N5O2. The molecule has 1 atom stereocenters. The van der Waals surface area contributed by atoms with E-state index in [-0.39, 0.29) is 16.8 Å². The molecule has 1 saturated carbocycles. The molecule has 1 aromatic heterocycles. The number of amides is 2. The first kappa shape index (κ1) is 21.4. The number of nitrogens with one attached hydrogen (secondary N) is 2. The van der Waals surface area contributed by atoms with Crippen LogP contribution in [-0.4, -0.2) is 27.3 Å². The first-order valence-electron chi connectivity index (χ1n) is 10.0. The molecule has 1 heterocycles. The molecule has 1 aliphatic rings. The summed E-state index contributed by atoms with van der Waals surface area (Å²) in [5, 5.41) is 5.49. The number of nitrogen functional groups attached to an aromatic ring is 1. The van der Waals surface area contributed by atoms with Gasteiger partial charge in [-0.3, -0.25) is 9.59 Å². The van der Waals surface area contributed by atoms with Crippen LogP contribution in [-0.2, 0) is 4.79 Å². The summed E-state index contributed by atoms with van der Waals surface area (Å²) in [6.45, 7) is 1.65. The summed E-state index contributed by atoms with van der Waals surface area (Å²) in [6.07, 6.45) is 4.99. The van der Waals surface area contributed by atoms with Crippen LogP contribution in [0.2, 0.25) is 0 Å². The van der Waals surface area contributed by atoms with Gasteiger partial charge in [0.05, 0.1) is 17.3 Å². The fourth-order valence-corrected chi connectivity index (χ4v) is 3.49. The molecule has 7 nitrogen and oxygen atoms in total. The second kappa shape index (κ2) is 8.33. The molecule has 164 valence electrons. The largest absolute Gasteiger partial charge is 0.396 e. The number of nitrogens with zero attached hydrogens (tertiary/aromatic N) is 2. The van der Waals surface area contributed by atoms with Crippen molar-refractivity contribution in [1.82, 2.24) is 20.6 Å². The van der Waals surface area contributed by atoms with Crippen molar-refractivity contribution in [2.75, 3.05) is 5.73 Å². The Hall–Kier alpha value is -3.88. The monoisotopic (exact) mass is 437 g/mol. The van der Waals surface area contributed by atoms with Crippen molar-refractivity contribution in [3.8, 4) is 11.1 Å². The van der Waals surface area contributed by atoms with E-state index in [1.165, 1.54) is 43.0 Å². The van der Waals surface area contributed by atoms with Crippen molar-refractivity contribution < 1.29 is 18.4 Å². The van der Waals surface area contributed by atoms with Crippen LogP contribution in [0.25, 0.3) is 11.1 Å². The molecule has 9 heteroatoms. The number of hydrogen-bond donors (Lipinski definition) is 3. The molecular weight excluding hydrogens is 416 g/mol. The van der Waals surface area contributed by atoms with Crippen LogP contribution in [0.3, 0.4) is 0 Å². The summed E-state index contributed by atoms with van der Waals surface area (Å²) in [5.74, 6) is -1.98. The molecule has 0 unspecified atom stereocenters. The molecule has 2 aromatic carbocycles. The highest BCUT2D eigenvalue weighted by atomic mass is 19.1. The molecule has 1 aliphatic carbocycles. The Balaban J connectivity index is 1.47. The highest BCUT2D eigenvalue weighted by molar-refractivity contribution is 6.00. The van der Waals surface area contributed by atoms with Crippen LogP contribution in [0.4, 0.5) is 14.5 Å². The Labute approximate surface area is 183 Å². The first-order valence-corrected chi connectivity index (χ1v) is 10.0. The van der Waals surface area contributed by atoms with Crippen LogP contribution < -0.4 is 16.4 Å². The van der Waals surface area contributed by atoms with Gasteiger partial charge in [0.25, 0.3) is 5.91 Å². The van der Waals surface area contributed by atoms with E-state index in [1.807, 2.05) is 0 Å². The summed E-state index contributed by atoms with van der Waals surface area (Å²) in [6, 6.07) is 8.09. The first-order chi connectivity index (χ1) is 15.3. The van der Waals surface area contributed by atoms with E-state index in [1.54, 1.807) is 19.1 Å². The Morgan fingerprint density at radius 1 is 1.09 bits per heavy atom. The fraction of sp³-hybridized carbons (Fsp3) is 0.217. The van der Waals surface area contributed by atoms with Crippen molar-refractivity contribution in [2.24, 2.45) is 0 Å². The van der Waals surface area contributed by atoms with Gasteiger partial charge in [-0.15, -0.1) is 0 Å². The van der Waals surface area contributed by atoms with Crippen molar-refractivity contribution in [3.63, 3.8) is 0 Å². The number of para-hydroxylation sites is 1. The number of hydrogen-bond acceptors (Lipinski definition) is 5. The molecule has 0 bridgehead atoms. The van der Waals surface area contributed by atoms with Gasteiger partial charge in [-0.2, -0.15) is 0 Å². The number of benzene rings is 2. The van der Waals surface area contributed by atoms with Gasteiger partial charge in [-0.05, 0) is 37.5 Å². The number of rotatable bonds is 6. The summed E-state index contributed by atoms with van der Waals surface area (Å²) in [5.41, 5.74) is 6.00. The smallest absolute Gasteiger partial charge is 0.255 e. The molecule has 4 N–H and O–H groups in total. The summed E-state index contributed by atoms with van der Waals surface area (Å²) < 4.78 is 28.6. The van der Waals surface area contributed by atoms with Crippen LogP contribution >= 0.6 is 0 Å². The van der Waals surface area contributed by atoms with Crippen LogP contribution in [0, 0.1) is 11.6 Å². The van der Waals surface area contributed by atoms with E-state index in [2.05, 4.69) is 20.6 Å². The average Bonchev–Trinajstić information content (AvgIpc) is 3.56. The molecule has 32 heavy (non-hydrogen) atoms. The Morgan fingerprint density at radius 2 is 1.81 bits per heavy atom. The van der Waals surface area contributed by atoms with E-state index in [0.717, 1.165) is 0 Å². The lowest BCUT2D eigenvalue weighted by Crippen LogP contribution is -2.49. The topological polar surface area (TPSA) is 110 Å². The van der Waals surface area contributed by atoms with Crippen molar-refractivity contribution in [1.29, 1.82) is 0 Å². The maximum Gasteiger partial charge on any atom is 0.255 e. The summed E-state index contributed by atoms with van der Waals surface area (Å²) in [4.78, 5) is 32.8. The lowest BCUT2D eigenvalue weighted by atomic mass is 9.99. The normalized spacial score (nSPS) is 15.0. The van der Waals surface area contributed by atoms with Crippen molar-refractivity contribution in [3.05, 3.63) is 77.9 Å². The van der Waals surface area contributed by atoms with Gasteiger partial charge < -0.3 is 16.4 Å². The Bertz CT molecular complexity index is 1180. The molecule has 0 spiro atoms. The average molecular weight is 437 g/mol. The molecule has 2 amide bonds. The lowest BCUT2D eigenvalue weighted by molar-refractivity contribution is -0.124. The number of halogens is 2. The predicted molar refractivity (Wildman–Crippen MR) is 114 cm³/mol. The molecule has 0 aliphatic heterocycles. The van der Waals surface area contributed by atoms with E-state index >= 15 is 0 Å². The molecule has 0 radical (unpaired) electrons. The van der Waals surface area contributed by atoms with Crippen molar-refractivity contribution in [2.45, 2.75) is 31.3 Å². The Morgan fingerprint density at radius 3 is 2.47 bits per heavy atom. The number of carbonyl (C=O) groups excluding carboxylic acids is 2. The second-order valence-corrected chi connectivity index (χ2v) is 7.80. The maximum atomic E-state index is 14.8. The van der Waals surface area contributed by atoms with Crippen LogP contribution in [0.5, 0.6) is 0 Å². The van der Waals surface area contributed by atoms with E-state index in [9.17, 15) is 18.4 Å². The minimum Gasteiger partial charge on any atom is -0.396 e. The third-order valence-electron chi connectivity index (χ3n) is 5.54. The van der Waals surface area contributed by atoms with E-state index < -0.39 is 35.0 Å². The number of carbonyl (C=O) groups is 2. The van der Waals surface area contributed by atoms with Crippen molar-refractivity contribution >= 4 is 17.5 Å². The standard InChI is InChI=1S/C23H21F2N5O2/c1-13(16-6-5-14(9-19(16)25)17-3-2-4-18(24)20(17)26)29-22(32)23(7-8-23)30-21(31)15-10-27-12-28-11-15/h2-6,9-13H,7-8,26H2,1H3,(H,29,32)(H,30,31)/t13-/m1/s1. The van der Waals surface area contributed by atoms with Gasteiger partial charge in [-0.1, -0.05) is 24.3 Å². The van der Waals surface area contributed by atoms with Gasteiger partial charge in [-0.25, -0.2) is 18.7 Å². The van der Waals surface area contributed by atoms with Crippen LogP contribution in [0.15, 0.2) is 55.1 Å². The number of aromatic nitrogens is 2. The molecule has 0 saturated heterocycles. The Kier molecular flexibility index (Phi) is 5.56. The minimum atomic E-state index is -1.03. The zero-order valence-electron chi connectivity index (χ0n) is 17.2. The van der Waals surface area contributed by atoms with E-state index in [4.69, 9.17) is 5.73 Å². The zero-order chi connectivity index (χ0) is 22.9. The molecule has 1 fully saturated rings. The second-order valence-electron chi connectivity index (χ2n) is 7.80. The van der Waals surface area contributed by atoms with E-state index in [0.29, 0.717) is 24.0 Å². The van der Waals surface area contributed by atoms with Gasteiger partial charge in [0.2, 0.25) is 5.91 Å². The highest BCUT2D eigenvalue weighted by Gasteiger charge is 2.51. The number of anilines is 1. The van der Waals surface area contributed by atoms with Gasteiger partial charge in [0.1, 0.15) is 23.5 Å². The molecule has 3 aromatic rings. The third-order valence-corrected chi connectivity index (χ3v) is 5.54. The predicted octanol–water partition coefficient (Wildman–Crippen LogP) is 3.14. The quantitative estimate of drug-likeness (QED) is 0.513. The van der Waals surface area contributed by atoms with Gasteiger partial charge >= 0.3 is 0 Å². The third kappa shape index (κ3) is 4.14. The van der Waals surface area contributed by atoms with Gasteiger partial charge in [0.15, 0.2) is 0 Å². The van der Waals surface area contributed by atoms with Gasteiger partial charge in [0, 0.05) is 23.5 Å². The highest BCUT2D eigenvalue weighted by Crippen LogP contribution is 2.37. The summed E-state index contributed by atoms with van der Waals surface area (Å²) in [7, 11) is 0. The summed E-state index contributed by atoms with van der Waals surface area (Å²) >= 11 is 0. The zero-order valence-corrected chi connectivity index (χ0v) is 17.2. The van der Waals surface area contributed by atoms with Crippen LogP contribution in [0.1, 0.15) is 41.7 Å².